The predicted molar refractivity (Wildman–Crippen MR) is 180 cm³/mol. The summed E-state index contributed by atoms with van der Waals surface area (Å²) in [5, 5.41) is 23.1. The van der Waals surface area contributed by atoms with Gasteiger partial charge in [-0.15, -0.1) is 11.5 Å². The molecule has 3 saturated carbocycles. The number of hydrogen-bond donors (Lipinski definition) is 3. The Morgan fingerprint density at radius 3 is 2.58 bits per heavy atom. The van der Waals surface area contributed by atoms with Crippen LogP contribution >= 0.6 is 7.82 Å². The first kappa shape index (κ1) is 34.9. The van der Waals surface area contributed by atoms with Crippen LogP contribution in [0.4, 0.5) is 20.6 Å². The number of carbonyl (C=O) groups is 1. The number of benzene rings is 1. The van der Waals surface area contributed by atoms with Gasteiger partial charge in [0.25, 0.3) is 0 Å². The van der Waals surface area contributed by atoms with E-state index in [-0.39, 0.29) is 39.6 Å². The number of ether oxygens (including phenoxy) is 1. The Labute approximate surface area is 287 Å². The first-order valence-electron chi connectivity index (χ1n) is 15.9. The summed E-state index contributed by atoms with van der Waals surface area (Å²) in [6, 6.07) is 6.49. The molecule has 3 fully saturated rings. The highest BCUT2D eigenvalue weighted by atomic mass is 31.2. The molecule has 3 aromatic heterocycles. The summed E-state index contributed by atoms with van der Waals surface area (Å²) in [6.07, 6.45) is 10.8. The lowest BCUT2D eigenvalue weighted by Gasteiger charge is -2.61. The highest BCUT2D eigenvalue weighted by molar-refractivity contribution is 7.46. The van der Waals surface area contributed by atoms with E-state index in [0.29, 0.717) is 33.6 Å². The number of rotatable bonds is 10. The monoisotopic (exact) mass is 702 g/mol. The average Bonchev–Trinajstić information content (AvgIpc) is 3.46. The van der Waals surface area contributed by atoms with Crippen molar-refractivity contribution in [2.45, 2.75) is 71.5 Å². The van der Waals surface area contributed by atoms with E-state index < -0.39 is 32.7 Å². The molecule has 2 bridgehead atoms. The molecule has 0 unspecified atom stereocenters. The van der Waals surface area contributed by atoms with Crippen LogP contribution in [0.15, 0.2) is 36.7 Å². The standard InChI is InChI=1S/C34H36FN8O6P/c1-7-22-16-37-29-23(15-36)10-24(11-26(29)30(22)39-20(3)33(4,5)6)43(32(44)48-18-49-50(45,46)47)31(25-8-9-28(35)38-19(25)2)27-17-42(41-40-27)34-12-21(13-34)14-34/h1,8-11,16-17,20-21,31H,12-14,18H2,2-6H3,(H,37,39)(H2,45,46,47)/t20-,21?,31+,34?/m1/s1. The molecule has 7 rings (SSSR count). The predicted octanol–water partition coefficient (Wildman–Crippen LogP) is 5.68. The fraction of sp³-hybridized carbons (Fsp3) is 0.412. The minimum absolute atomic E-state index is 0.0852. The lowest BCUT2D eigenvalue weighted by Crippen LogP contribution is -2.59. The summed E-state index contributed by atoms with van der Waals surface area (Å²) < 4.78 is 37.3. The Morgan fingerprint density at radius 2 is 2.00 bits per heavy atom. The zero-order valence-corrected chi connectivity index (χ0v) is 29.0. The van der Waals surface area contributed by atoms with Crippen LogP contribution < -0.4 is 10.2 Å². The van der Waals surface area contributed by atoms with E-state index in [1.165, 1.54) is 18.3 Å². The third-order valence-corrected chi connectivity index (χ3v) is 10.1. The molecule has 0 radical (unpaired) electrons. The van der Waals surface area contributed by atoms with Crippen LogP contribution in [0.2, 0.25) is 0 Å². The van der Waals surface area contributed by atoms with Gasteiger partial charge in [-0.05, 0) is 62.6 Å². The summed E-state index contributed by atoms with van der Waals surface area (Å²) >= 11 is 0. The van der Waals surface area contributed by atoms with Gasteiger partial charge in [0.15, 0.2) is 0 Å². The second kappa shape index (κ2) is 12.8. The fourth-order valence-electron chi connectivity index (χ4n) is 6.39. The van der Waals surface area contributed by atoms with Gasteiger partial charge in [-0.3, -0.25) is 9.88 Å². The minimum Gasteiger partial charge on any atom is -0.421 e. The number of aryl methyl sites for hydroxylation is 1. The van der Waals surface area contributed by atoms with Crippen molar-refractivity contribution in [1.82, 2.24) is 25.0 Å². The molecule has 50 heavy (non-hydrogen) atoms. The van der Waals surface area contributed by atoms with Gasteiger partial charge >= 0.3 is 13.9 Å². The van der Waals surface area contributed by atoms with Crippen LogP contribution in [-0.4, -0.2) is 53.7 Å². The van der Waals surface area contributed by atoms with Gasteiger partial charge in [0.1, 0.15) is 17.8 Å². The number of amides is 1. The molecule has 0 aliphatic heterocycles. The first-order chi connectivity index (χ1) is 23.5. The maximum atomic E-state index is 14.4. The molecule has 14 nitrogen and oxygen atoms in total. The summed E-state index contributed by atoms with van der Waals surface area (Å²) in [6.45, 7) is 8.60. The smallest absolute Gasteiger partial charge is 0.421 e. The fourth-order valence-corrected chi connectivity index (χ4v) is 6.58. The Bertz CT molecular complexity index is 2110. The van der Waals surface area contributed by atoms with Crippen LogP contribution in [0.1, 0.15) is 81.1 Å². The van der Waals surface area contributed by atoms with Crippen molar-refractivity contribution in [3.63, 3.8) is 0 Å². The van der Waals surface area contributed by atoms with Crippen LogP contribution in [0.25, 0.3) is 10.9 Å². The second-order valence-corrected chi connectivity index (χ2v) is 15.2. The van der Waals surface area contributed by atoms with Crippen molar-refractivity contribution >= 4 is 36.2 Å². The molecule has 3 N–H and O–H groups in total. The lowest BCUT2D eigenvalue weighted by molar-refractivity contribution is -0.0989. The van der Waals surface area contributed by atoms with Gasteiger partial charge in [0.05, 0.1) is 39.8 Å². The molecule has 1 amide bonds. The third kappa shape index (κ3) is 6.53. The number of halogens is 1. The quantitative estimate of drug-likeness (QED) is 0.0795. The Kier molecular flexibility index (Phi) is 8.91. The molecule has 4 aromatic rings. The normalized spacial score (nSPS) is 19.4. The number of pyridine rings is 2. The molecule has 3 aliphatic carbocycles. The van der Waals surface area contributed by atoms with Crippen LogP contribution in [0.5, 0.6) is 0 Å². The van der Waals surface area contributed by atoms with Crippen molar-refractivity contribution in [3.05, 3.63) is 70.7 Å². The number of aromatic nitrogens is 5. The number of nitriles is 1. The molecule has 3 aliphatic rings. The minimum atomic E-state index is -5.03. The van der Waals surface area contributed by atoms with Crippen LogP contribution in [0.3, 0.4) is 0 Å². The van der Waals surface area contributed by atoms with E-state index in [1.54, 1.807) is 23.9 Å². The Balaban J connectivity index is 1.58. The molecule has 3 heterocycles. The second-order valence-electron chi connectivity index (χ2n) is 13.9. The topological polar surface area (TPSA) is 189 Å². The van der Waals surface area contributed by atoms with Crippen molar-refractivity contribution in [3.8, 4) is 18.4 Å². The van der Waals surface area contributed by atoms with Gasteiger partial charge in [-0.2, -0.15) is 9.65 Å². The summed E-state index contributed by atoms with van der Waals surface area (Å²) in [7, 11) is -5.03. The highest BCUT2D eigenvalue weighted by Crippen LogP contribution is 2.62. The number of phosphoric acid groups is 1. The summed E-state index contributed by atoms with van der Waals surface area (Å²) in [5.41, 5.74) is 1.87. The largest absolute Gasteiger partial charge is 0.472 e. The maximum Gasteiger partial charge on any atom is 0.472 e. The number of terminal acetylenes is 1. The Hall–Kier alpha value is -4.92. The number of fused-ring (bicyclic) bond motifs is 1. The molecule has 260 valence electrons. The number of hydrogen-bond acceptors (Lipinski definition) is 10. The van der Waals surface area contributed by atoms with Crippen LogP contribution in [-0.2, 0) is 19.4 Å². The summed E-state index contributed by atoms with van der Waals surface area (Å²) in [4.78, 5) is 42.4. The molecule has 16 heteroatoms. The van der Waals surface area contributed by atoms with Gasteiger partial charge in [-0.25, -0.2) is 23.5 Å². The van der Waals surface area contributed by atoms with Crippen molar-refractivity contribution in [2.75, 3.05) is 17.0 Å². The zero-order valence-electron chi connectivity index (χ0n) is 28.1. The van der Waals surface area contributed by atoms with E-state index in [9.17, 15) is 28.8 Å². The number of anilines is 2. The number of phosphoric ester groups is 1. The van der Waals surface area contributed by atoms with E-state index in [2.05, 4.69) is 62.9 Å². The summed E-state index contributed by atoms with van der Waals surface area (Å²) in [5.74, 6) is 2.53. The molecular formula is C34H36FN8O6P. The first-order valence-corrected chi connectivity index (χ1v) is 17.4. The maximum absolute atomic E-state index is 14.4. The van der Waals surface area contributed by atoms with Gasteiger partial charge in [0.2, 0.25) is 12.7 Å². The zero-order chi connectivity index (χ0) is 36.2. The van der Waals surface area contributed by atoms with Crippen molar-refractivity contribution in [2.24, 2.45) is 11.3 Å². The average molecular weight is 703 g/mol. The molecule has 0 saturated heterocycles. The van der Waals surface area contributed by atoms with E-state index in [4.69, 9.17) is 11.2 Å². The van der Waals surface area contributed by atoms with E-state index in [0.717, 1.165) is 30.2 Å². The molecule has 1 aromatic carbocycles. The van der Waals surface area contributed by atoms with Gasteiger partial charge in [0, 0.05) is 28.9 Å². The third-order valence-electron chi connectivity index (χ3n) is 9.70. The molecular weight excluding hydrogens is 666 g/mol. The number of nitrogens with one attached hydrogen (secondary N) is 1. The highest BCUT2D eigenvalue weighted by Gasteiger charge is 2.59. The molecule has 0 spiro atoms. The lowest BCUT2D eigenvalue weighted by atomic mass is 9.50. The van der Waals surface area contributed by atoms with Crippen LogP contribution in [0, 0.1) is 47.9 Å². The molecule has 2 atom stereocenters. The number of nitrogens with zero attached hydrogens (tertiary/aromatic N) is 7. The van der Waals surface area contributed by atoms with Crippen molar-refractivity contribution in [1.29, 1.82) is 5.26 Å². The Morgan fingerprint density at radius 1 is 1.28 bits per heavy atom. The number of carbonyl (C=O) groups excluding carboxylic acids is 1. The van der Waals surface area contributed by atoms with Gasteiger partial charge in [-0.1, -0.05) is 38.0 Å². The van der Waals surface area contributed by atoms with E-state index >= 15 is 0 Å². The van der Waals surface area contributed by atoms with Gasteiger partial charge < -0.3 is 19.8 Å². The van der Waals surface area contributed by atoms with E-state index in [1.807, 2.05) is 6.92 Å². The van der Waals surface area contributed by atoms with Crippen molar-refractivity contribution < 1.29 is 32.8 Å². The SMILES string of the molecule is C#Cc1cnc2c(C#N)cc(N(C(=O)OCOP(=O)(O)O)[C@H](c3cn(C45CC(C4)C5)nn3)c3ccc(F)nc3C)cc2c1N[C@H](C)C(C)(C)C.